The minimum Gasteiger partial charge on any atom is -0.467 e. The zero-order valence-electron chi connectivity index (χ0n) is 17.8. The fraction of sp³-hybridized carbons (Fsp3) is 0.217. The third-order valence-corrected chi connectivity index (χ3v) is 5.95. The van der Waals surface area contributed by atoms with Crippen molar-refractivity contribution in [3.63, 3.8) is 0 Å². The predicted octanol–water partition coefficient (Wildman–Crippen LogP) is 3.39. The molecule has 2 aromatic carbocycles. The Balaban J connectivity index is 1.83. The van der Waals surface area contributed by atoms with Gasteiger partial charge in [0.05, 0.1) is 36.0 Å². The number of carbonyl (C=O) groups is 2. The summed E-state index contributed by atoms with van der Waals surface area (Å²) in [5, 5.41) is 5.47. The molecule has 1 atom stereocenters. The van der Waals surface area contributed by atoms with Crippen molar-refractivity contribution in [3.05, 3.63) is 84.3 Å². The van der Waals surface area contributed by atoms with E-state index in [0.717, 1.165) is 10.6 Å². The van der Waals surface area contributed by atoms with Crippen LogP contribution in [0.4, 0.5) is 11.4 Å². The molecule has 2 N–H and O–H groups in total. The quantitative estimate of drug-likeness (QED) is 0.514. The molecular formula is C23H25N3O5S. The van der Waals surface area contributed by atoms with Gasteiger partial charge in [-0.15, -0.1) is 0 Å². The SMILES string of the molecule is CCC(C(=O)Nc1ccccc1C(=O)NCc1ccco1)N(c1ccccc1)S(C)(=O)=O. The van der Waals surface area contributed by atoms with Crippen LogP contribution in [0.25, 0.3) is 0 Å². The zero-order chi connectivity index (χ0) is 23.1. The number of para-hydroxylation sites is 2. The standard InChI is InChI=1S/C23H25N3O5S/c1-3-21(26(32(2,29)30)17-10-5-4-6-11-17)23(28)25-20-14-8-7-13-19(20)22(27)24-16-18-12-9-15-31-18/h4-15,21H,3,16H2,1-2H3,(H,24,27)(H,25,28). The molecule has 3 rings (SSSR count). The Morgan fingerprint density at radius 3 is 2.31 bits per heavy atom. The summed E-state index contributed by atoms with van der Waals surface area (Å²) in [6.07, 6.45) is 2.81. The molecule has 32 heavy (non-hydrogen) atoms. The summed E-state index contributed by atoms with van der Waals surface area (Å²) in [6.45, 7) is 1.93. The Hall–Kier alpha value is -3.59. The molecule has 0 bridgehead atoms. The van der Waals surface area contributed by atoms with Gasteiger partial charge in [0.1, 0.15) is 11.8 Å². The minimum absolute atomic E-state index is 0.196. The second-order valence-corrected chi connectivity index (χ2v) is 8.97. The van der Waals surface area contributed by atoms with E-state index in [2.05, 4.69) is 10.6 Å². The van der Waals surface area contributed by atoms with E-state index in [0.29, 0.717) is 11.4 Å². The number of nitrogens with one attached hydrogen (secondary N) is 2. The number of hydrogen-bond donors (Lipinski definition) is 2. The average Bonchev–Trinajstić information content (AvgIpc) is 3.29. The number of amides is 2. The molecule has 3 aromatic rings. The molecule has 0 aliphatic heterocycles. The lowest BCUT2D eigenvalue weighted by Crippen LogP contribution is -2.47. The van der Waals surface area contributed by atoms with Gasteiger partial charge in [-0.1, -0.05) is 37.3 Å². The maximum absolute atomic E-state index is 13.2. The Morgan fingerprint density at radius 1 is 1.00 bits per heavy atom. The molecule has 0 aliphatic rings. The van der Waals surface area contributed by atoms with E-state index in [4.69, 9.17) is 4.42 Å². The second kappa shape index (κ2) is 10.1. The molecule has 168 valence electrons. The number of sulfonamides is 1. The second-order valence-electron chi connectivity index (χ2n) is 7.12. The van der Waals surface area contributed by atoms with Crippen molar-refractivity contribution in [2.24, 2.45) is 0 Å². The number of anilines is 2. The molecular weight excluding hydrogens is 430 g/mol. The molecule has 0 saturated heterocycles. The van der Waals surface area contributed by atoms with Crippen LogP contribution in [0.3, 0.4) is 0 Å². The third kappa shape index (κ3) is 5.55. The average molecular weight is 456 g/mol. The van der Waals surface area contributed by atoms with E-state index in [-0.39, 0.29) is 24.2 Å². The first-order valence-electron chi connectivity index (χ1n) is 10.1. The summed E-state index contributed by atoms with van der Waals surface area (Å²) in [6, 6.07) is 17.5. The minimum atomic E-state index is -3.74. The molecule has 1 unspecified atom stereocenters. The lowest BCUT2D eigenvalue weighted by atomic mass is 10.1. The molecule has 1 heterocycles. The molecule has 0 fully saturated rings. The first-order valence-corrected chi connectivity index (χ1v) is 11.9. The number of carbonyl (C=O) groups excluding carboxylic acids is 2. The fourth-order valence-electron chi connectivity index (χ4n) is 3.32. The van der Waals surface area contributed by atoms with Crippen LogP contribution in [0, 0.1) is 0 Å². The van der Waals surface area contributed by atoms with E-state index >= 15 is 0 Å². The van der Waals surface area contributed by atoms with Crippen LogP contribution in [-0.2, 0) is 21.4 Å². The fourth-order valence-corrected chi connectivity index (χ4v) is 4.53. The van der Waals surface area contributed by atoms with Gasteiger partial charge >= 0.3 is 0 Å². The van der Waals surface area contributed by atoms with Crippen molar-refractivity contribution < 1.29 is 22.4 Å². The Kier molecular flexibility index (Phi) is 7.32. The number of nitrogens with zero attached hydrogens (tertiary/aromatic N) is 1. The first kappa shape index (κ1) is 23.1. The molecule has 8 nitrogen and oxygen atoms in total. The van der Waals surface area contributed by atoms with Gasteiger partial charge in [-0.25, -0.2) is 8.42 Å². The number of hydrogen-bond acceptors (Lipinski definition) is 5. The van der Waals surface area contributed by atoms with E-state index in [1.54, 1.807) is 73.7 Å². The largest absolute Gasteiger partial charge is 0.467 e. The first-order chi connectivity index (χ1) is 15.3. The lowest BCUT2D eigenvalue weighted by Gasteiger charge is -2.30. The van der Waals surface area contributed by atoms with Gasteiger partial charge in [-0.3, -0.25) is 13.9 Å². The Bertz CT molecular complexity index is 1160. The Morgan fingerprint density at radius 2 is 1.69 bits per heavy atom. The number of benzene rings is 2. The molecule has 1 aromatic heterocycles. The van der Waals surface area contributed by atoms with Crippen molar-refractivity contribution in [2.75, 3.05) is 15.9 Å². The highest BCUT2D eigenvalue weighted by molar-refractivity contribution is 7.92. The van der Waals surface area contributed by atoms with Crippen molar-refractivity contribution in [1.82, 2.24) is 5.32 Å². The van der Waals surface area contributed by atoms with Gasteiger partial charge in [0.15, 0.2) is 0 Å². The van der Waals surface area contributed by atoms with E-state index < -0.39 is 27.9 Å². The summed E-state index contributed by atoms with van der Waals surface area (Å²) < 4.78 is 31.4. The zero-order valence-corrected chi connectivity index (χ0v) is 18.6. The van der Waals surface area contributed by atoms with Crippen molar-refractivity contribution in [2.45, 2.75) is 25.9 Å². The summed E-state index contributed by atoms with van der Waals surface area (Å²) in [4.78, 5) is 25.8. The maximum atomic E-state index is 13.2. The van der Waals surface area contributed by atoms with Crippen LogP contribution in [0.2, 0.25) is 0 Å². The van der Waals surface area contributed by atoms with E-state index in [1.165, 1.54) is 6.26 Å². The molecule has 0 spiro atoms. The smallest absolute Gasteiger partial charge is 0.253 e. The van der Waals surface area contributed by atoms with Crippen LogP contribution in [-0.4, -0.2) is 32.5 Å². The van der Waals surface area contributed by atoms with Gasteiger partial charge in [0, 0.05) is 0 Å². The summed E-state index contributed by atoms with van der Waals surface area (Å²) in [5.74, 6) is -0.334. The van der Waals surface area contributed by atoms with Gasteiger partial charge in [-0.05, 0) is 42.8 Å². The van der Waals surface area contributed by atoms with Crippen LogP contribution < -0.4 is 14.9 Å². The van der Waals surface area contributed by atoms with Crippen molar-refractivity contribution >= 4 is 33.2 Å². The van der Waals surface area contributed by atoms with Crippen LogP contribution in [0.5, 0.6) is 0 Å². The normalized spacial score (nSPS) is 12.1. The van der Waals surface area contributed by atoms with Gasteiger partial charge in [0.25, 0.3) is 5.91 Å². The third-order valence-electron chi connectivity index (χ3n) is 4.77. The summed E-state index contributed by atoms with van der Waals surface area (Å²) >= 11 is 0. The topological polar surface area (TPSA) is 109 Å². The summed E-state index contributed by atoms with van der Waals surface area (Å²) in [7, 11) is -3.74. The lowest BCUT2D eigenvalue weighted by molar-refractivity contribution is -0.117. The summed E-state index contributed by atoms with van der Waals surface area (Å²) in [5.41, 5.74) is 0.934. The van der Waals surface area contributed by atoms with Crippen LogP contribution >= 0.6 is 0 Å². The van der Waals surface area contributed by atoms with Gasteiger partial charge < -0.3 is 15.1 Å². The highest BCUT2D eigenvalue weighted by Crippen LogP contribution is 2.24. The highest BCUT2D eigenvalue weighted by Gasteiger charge is 2.32. The molecule has 0 aliphatic carbocycles. The van der Waals surface area contributed by atoms with Crippen LogP contribution in [0.15, 0.2) is 77.4 Å². The predicted molar refractivity (Wildman–Crippen MR) is 123 cm³/mol. The molecule has 2 amide bonds. The van der Waals surface area contributed by atoms with E-state index in [1.807, 2.05) is 0 Å². The van der Waals surface area contributed by atoms with Crippen molar-refractivity contribution in [3.8, 4) is 0 Å². The highest BCUT2D eigenvalue weighted by atomic mass is 32.2. The monoisotopic (exact) mass is 455 g/mol. The van der Waals surface area contributed by atoms with Crippen molar-refractivity contribution in [1.29, 1.82) is 0 Å². The molecule has 0 radical (unpaired) electrons. The molecule has 9 heteroatoms. The number of furan rings is 1. The van der Waals surface area contributed by atoms with Gasteiger partial charge in [0.2, 0.25) is 15.9 Å². The number of rotatable bonds is 9. The molecule has 0 saturated carbocycles. The Labute approximate surface area is 187 Å². The van der Waals surface area contributed by atoms with Crippen LogP contribution in [0.1, 0.15) is 29.5 Å². The van der Waals surface area contributed by atoms with E-state index in [9.17, 15) is 18.0 Å². The maximum Gasteiger partial charge on any atom is 0.253 e. The van der Waals surface area contributed by atoms with Gasteiger partial charge in [-0.2, -0.15) is 0 Å².